The molecule has 0 aliphatic carbocycles. The van der Waals surface area contributed by atoms with Crippen molar-refractivity contribution in [1.29, 1.82) is 0 Å². The van der Waals surface area contributed by atoms with Crippen LogP contribution in [0.1, 0.15) is 28.8 Å². The maximum atomic E-state index is 12.7. The number of ether oxygens (including phenoxy) is 1. The molecule has 7 heteroatoms. The lowest BCUT2D eigenvalue weighted by Crippen LogP contribution is -2.45. The molecule has 0 radical (unpaired) electrons. The lowest BCUT2D eigenvalue weighted by Gasteiger charge is -2.32. The van der Waals surface area contributed by atoms with Crippen LogP contribution in [0, 0.1) is 0 Å². The summed E-state index contributed by atoms with van der Waals surface area (Å²) in [6, 6.07) is 14.7. The van der Waals surface area contributed by atoms with Crippen molar-refractivity contribution in [3.8, 4) is 5.75 Å². The van der Waals surface area contributed by atoms with Crippen molar-refractivity contribution < 1.29 is 13.9 Å². The first kappa shape index (κ1) is 20.4. The number of benzene rings is 2. The fraction of sp³-hybridized carbons (Fsp3) is 0.304. The molecule has 1 aliphatic rings. The summed E-state index contributed by atoms with van der Waals surface area (Å²) in [6.45, 7) is 2.60. The molecule has 0 atom stereocenters. The zero-order chi connectivity index (χ0) is 21.1. The van der Waals surface area contributed by atoms with Crippen LogP contribution in [0.4, 0.5) is 0 Å². The molecule has 1 N–H and O–H groups in total. The Morgan fingerprint density at radius 1 is 1.20 bits per heavy atom. The number of likely N-dealkylation sites (tertiary alicyclic amines) is 1. The van der Waals surface area contributed by atoms with Crippen LogP contribution < -0.4 is 15.7 Å². The molecule has 30 heavy (non-hydrogen) atoms. The van der Waals surface area contributed by atoms with E-state index in [0.29, 0.717) is 16.7 Å². The minimum atomic E-state index is -0.662. The highest BCUT2D eigenvalue weighted by Crippen LogP contribution is 2.24. The zero-order valence-corrected chi connectivity index (χ0v) is 17.4. The quantitative estimate of drug-likeness (QED) is 0.627. The third kappa shape index (κ3) is 4.50. The van der Waals surface area contributed by atoms with Gasteiger partial charge >= 0.3 is 5.63 Å². The number of halogens is 1. The van der Waals surface area contributed by atoms with E-state index in [1.807, 2.05) is 24.3 Å². The average Bonchev–Trinajstić information content (AvgIpc) is 2.75. The predicted molar refractivity (Wildman–Crippen MR) is 116 cm³/mol. The second kappa shape index (κ2) is 8.90. The molecule has 1 aromatic heterocycles. The first-order valence-electron chi connectivity index (χ1n) is 9.92. The van der Waals surface area contributed by atoms with Crippen LogP contribution in [0.2, 0.25) is 5.02 Å². The maximum Gasteiger partial charge on any atom is 0.349 e. The first-order valence-corrected chi connectivity index (χ1v) is 10.3. The van der Waals surface area contributed by atoms with Crippen LogP contribution in [-0.4, -0.2) is 37.0 Å². The van der Waals surface area contributed by atoms with Crippen LogP contribution in [0.25, 0.3) is 11.0 Å². The molecule has 156 valence electrons. The maximum absolute atomic E-state index is 12.7. The monoisotopic (exact) mass is 426 g/mol. The van der Waals surface area contributed by atoms with Crippen LogP contribution >= 0.6 is 11.6 Å². The van der Waals surface area contributed by atoms with E-state index >= 15 is 0 Å². The normalized spacial score (nSPS) is 15.3. The summed E-state index contributed by atoms with van der Waals surface area (Å²) in [6.07, 6.45) is 1.65. The van der Waals surface area contributed by atoms with Gasteiger partial charge in [-0.1, -0.05) is 35.9 Å². The number of methoxy groups -OCH3 is 1. The molecular weight excluding hydrogens is 404 g/mol. The molecule has 0 spiro atoms. The average molecular weight is 427 g/mol. The van der Waals surface area contributed by atoms with Crippen molar-refractivity contribution in [3.05, 3.63) is 75.1 Å². The second-order valence-corrected chi connectivity index (χ2v) is 7.91. The van der Waals surface area contributed by atoms with E-state index in [9.17, 15) is 9.59 Å². The Labute approximate surface area is 179 Å². The standard InChI is InChI=1S/C23H23ClN2O4/c1-29-20-4-2-3-16-13-19(23(28)30-21(16)20)22(27)25-18-9-11-26(12-10-18)14-15-5-7-17(24)8-6-15/h2-8,13,18H,9-12,14H2,1H3,(H,25,27). The van der Waals surface area contributed by atoms with Crippen molar-refractivity contribution in [3.63, 3.8) is 0 Å². The zero-order valence-electron chi connectivity index (χ0n) is 16.7. The highest BCUT2D eigenvalue weighted by molar-refractivity contribution is 6.30. The van der Waals surface area contributed by atoms with Crippen molar-refractivity contribution >= 4 is 28.5 Å². The lowest BCUT2D eigenvalue weighted by molar-refractivity contribution is 0.0905. The van der Waals surface area contributed by atoms with Crippen molar-refractivity contribution in [2.24, 2.45) is 0 Å². The van der Waals surface area contributed by atoms with E-state index < -0.39 is 11.5 Å². The minimum absolute atomic E-state index is 0.0133. The molecule has 2 heterocycles. The van der Waals surface area contributed by atoms with Gasteiger partial charge in [-0.25, -0.2) is 4.79 Å². The highest BCUT2D eigenvalue weighted by atomic mass is 35.5. The molecule has 1 aliphatic heterocycles. The molecular formula is C23H23ClN2O4. The number of para-hydroxylation sites is 1. The fourth-order valence-electron chi connectivity index (χ4n) is 3.78. The van der Waals surface area contributed by atoms with Gasteiger partial charge in [0.2, 0.25) is 0 Å². The van der Waals surface area contributed by atoms with Crippen LogP contribution in [0.3, 0.4) is 0 Å². The van der Waals surface area contributed by atoms with Gasteiger partial charge in [-0.15, -0.1) is 0 Å². The molecule has 2 aromatic carbocycles. The number of rotatable bonds is 5. The first-order chi connectivity index (χ1) is 14.5. The summed E-state index contributed by atoms with van der Waals surface area (Å²) in [4.78, 5) is 27.4. The number of piperidine rings is 1. The topological polar surface area (TPSA) is 71.8 Å². The molecule has 0 unspecified atom stereocenters. The van der Waals surface area contributed by atoms with E-state index in [2.05, 4.69) is 10.2 Å². The number of amides is 1. The lowest BCUT2D eigenvalue weighted by atomic mass is 10.0. The fourth-order valence-corrected chi connectivity index (χ4v) is 3.91. The third-order valence-corrected chi connectivity index (χ3v) is 5.68. The Balaban J connectivity index is 1.38. The number of nitrogens with zero attached hydrogens (tertiary/aromatic N) is 1. The Kier molecular flexibility index (Phi) is 6.06. The number of hydrogen-bond acceptors (Lipinski definition) is 5. The van der Waals surface area contributed by atoms with Gasteiger partial charge < -0.3 is 14.5 Å². The van der Waals surface area contributed by atoms with Crippen LogP contribution in [-0.2, 0) is 6.54 Å². The summed E-state index contributed by atoms with van der Waals surface area (Å²) in [5.41, 5.74) is 0.909. The van der Waals surface area contributed by atoms with Crippen LogP contribution in [0.15, 0.2) is 57.7 Å². The number of carbonyl (C=O) groups is 1. The summed E-state index contributed by atoms with van der Waals surface area (Å²) in [7, 11) is 1.51. The van der Waals surface area contributed by atoms with Gasteiger partial charge in [0.25, 0.3) is 5.91 Å². The van der Waals surface area contributed by atoms with E-state index in [-0.39, 0.29) is 11.6 Å². The van der Waals surface area contributed by atoms with Gasteiger partial charge in [-0.3, -0.25) is 9.69 Å². The number of nitrogens with one attached hydrogen (secondary N) is 1. The Bertz CT molecular complexity index is 1100. The van der Waals surface area contributed by atoms with Crippen molar-refractivity contribution in [2.75, 3.05) is 20.2 Å². The third-order valence-electron chi connectivity index (χ3n) is 5.43. The molecule has 3 aromatic rings. The summed E-state index contributed by atoms with van der Waals surface area (Å²) < 4.78 is 10.6. The van der Waals surface area contributed by atoms with Gasteiger partial charge in [-0.05, 0) is 42.7 Å². The second-order valence-electron chi connectivity index (χ2n) is 7.48. The van der Waals surface area contributed by atoms with E-state index in [1.54, 1.807) is 24.3 Å². The molecule has 0 saturated carbocycles. The van der Waals surface area contributed by atoms with Gasteiger partial charge in [0, 0.05) is 36.1 Å². The summed E-state index contributed by atoms with van der Waals surface area (Å²) in [5, 5.41) is 4.37. The van der Waals surface area contributed by atoms with Gasteiger partial charge in [0.05, 0.1) is 7.11 Å². The molecule has 1 amide bonds. The number of fused-ring (bicyclic) bond motifs is 1. The van der Waals surface area contributed by atoms with Crippen LogP contribution in [0.5, 0.6) is 5.75 Å². The SMILES string of the molecule is COc1cccc2cc(C(=O)NC3CCN(Cc4ccc(Cl)cc4)CC3)c(=O)oc12. The molecule has 4 rings (SSSR count). The Morgan fingerprint density at radius 3 is 2.63 bits per heavy atom. The molecule has 6 nitrogen and oxygen atoms in total. The Morgan fingerprint density at radius 2 is 1.93 bits per heavy atom. The summed E-state index contributed by atoms with van der Waals surface area (Å²) >= 11 is 5.94. The van der Waals surface area contributed by atoms with E-state index in [1.165, 1.54) is 12.7 Å². The summed E-state index contributed by atoms with van der Waals surface area (Å²) in [5.74, 6) is 0.0641. The highest BCUT2D eigenvalue weighted by Gasteiger charge is 2.23. The number of hydrogen-bond donors (Lipinski definition) is 1. The number of carbonyl (C=O) groups excluding carboxylic acids is 1. The van der Waals surface area contributed by atoms with E-state index in [0.717, 1.165) is 37.5 Å². The minimum Gasteiger partial charge on any atom is -0.493 e. The molecule has 1 saturated heterocycles. The smallest absolute Gasteiger partial charge is 0.349 e. The van der Waals surface area contributed by atoms with E-state index in [4.69, 9.17) is 20.8 Å². The molecule has 0 bridgehead atoms. The van der Waals surface area contributed by atoms with Gasteiger partial charge in [0.15, 0.2) is 11.3 Å². The van der Waals surface area contributed by atoms with Gasteiger partial charge in [-0.2, -0.15) is 0 Å². The largest absolute Gasteiger partial charge is 0.493 e. The van der Waals surface area contributed by atoms with Gasteiger partial charge in [0.1, 0.15) is 5.56 Å². The van der Waals surface area contributed by atoms with Crippen molar-refractivity contribution in [2.45, 2.75) is 25.4 Å². The van der Waals surface area contributed by atoms with Crippen molar-refractivity contribution in [1.82, 2.24) is 10.2 Å². The molecule has 1 fully saturated rings. The Hall–Kier alpha value is -2.83. The predicted octanol–water partition coefficient (Wildman–Crippen LogP) is 3.85.